The normalized spacial score (nSPS) is 12.3. The molecule has 0 spiro atoms. The molecule has 1 heterocycles. The van der Waals surface area contributed by atoms with Gasteiger partial charge in [0, 0.05) is 18.7 Å². The summed E-state index contributed by atoms with van der Waals surface area (Å²) >= 11 is 0. The number of hydrogen-bond donors (Lipinski definition) is 2. The molecule has 1 aromatic heterocycles. The third-order valence-corrected chi connectivity index (χ3v) is 4.04. The van der Waals surface area contributed by atoms with Gasteiger partial charge >= 0.3 is 0 Å². The minimum absolute atomic E-state index is 0.142. The zero-order valence-electron chi connectivity index (χ0n) is 13.2. The largest absolute Gasteiger partial charge is 0.508 e. The van der Waals surface area contributed by atoms with E-state index < -0.39 is 0 Å². The first-order chi connectivity index (χ1) is 11.2. The van der Waals surface area contributed by atoms with E-state index in [-0.39, 0.29) is 11.8 Å². The maximum Gasteiger partial charge on any atom is 0.115 e. The Morgan fingerprint density at radius 1 is 1.09 bits per heavy atom. The maximum absolute atomic E-state index is 9.42. The monoisotopic (exact) mass is 307 g/mol. The number of nitrogens with two attached hydrogens (primary N) is 1. The molecule has 3 N–H and O–H groups in total. The molecule has 0 aliphatic heterocycles. The first-order valence-corrected chi connectivity index (χ1v) is 7.77. The molecule has 4 nitrogen and oxygen atoms in total. The van der Waals surface area contributed by atoms with Crippen LogP contribution in [0.4, 0.5) is 0 Å². The van der Waals surface area contributed by atoms with Gasteiger partial charge in [-0.3, -0.25) is 4.68 Å². The van der Waals surface area contributed by atoms with Gasteiger partial charge in [0.1, 0.15) is 5.75 Å². The van der Waals surface area contributed by atoms with Crippen LogP contribution in [0, 0.1) is 0 Å². The van der Waals surface area contributed by atoms with Gasteiger partial charge in [-0.2, -0.15) is 5.10 Å². The van der Waals surface area contributed by atoms with Gasteiger partial charge < -0.3 is 10.8 Å². The predicted octanol–water partition coefficient (Wildman–Crippen LogP) is 3.25. The Labute approximate surface area is 136 Å². The second kappa shape index (κ2) is 6.67. The SMILES string of the molecule is CC(c1ccccc1)n1nc(CN)cc1Cc1ccc(O)cc1. The molecule has 0 radical (unpaired) electrons. The lowest BCUT2D eigenvalue weighted by molar-refractivity contribution is 0.475. The van der Waals surface area contributed by atoms with E-state index in [0.29, 0.717) is 6.54 Å². The molecule has 1 atom stereocenters. The summed E-state index contributed by atoms with van der Waals surface area (Å²) in [6.45, 7) is 2.57. The Hall–Kier alpha value is -2.59. The molecule has 0 saturated heterocycles. The number of hydrogen-bond acceptors (Lipinski definition) is 3. The summed E-state index contributed by atoms with van der Waals surface area (Å²) < 4.78 is 2.05. The van der Waals surface area contributed by atoms with Crippen molar-refractivity contribution in [3.63, 3.8) is 0 Å². The Bertz CT molecular complexity index is 763. The van der Waals surface area contributed by atoms with Crippen LogP contribution < -0.4 is 5.73 Å². The van der Waals surface area contributed by atoms with Crippen molar-refractivity contribution in [1.29, 1.82) is 0 Å². The molecule has 0 fully saturated rings. The average Bonchev–Trinajstić information content (AvgIpc) is 3.00. The molecule has 23 heavy (non-hydrogen) atoms. The Balaban J connectivity index is 1.93. The Kier molecular flexibility index (Phi) is 4.44. The van der Waals surface area contributed by atoms with Gasteiger partial charge in [0.05, 0.1) is 11.7 Å². The van der Waals surface area contributed by atoms with Crippen molar-refractivity contribution in [2.24, 2.45) is 5.73 Å². The van der Waals surface area contributed by atoms with Crippen LogP contribution in [0.25, 0.3) is 0 Å². The minimum atomic E-state index is 0.142. The summed E-state index contributed by atoms with van der Waals surface area (Å²) in [4.78, 5) is 0. The second-order valence-corrected chi connectivity index (χ2v) is 5.71. The van der Waals surface area contributed by atoms with Crippen LogP contribution in [-0.4, -0.2) is 14.9 Å². The summed E-state index contributed by atoms with van der Waals surface area (Å²) in [5, 5.41) is 14.1. The highest BCUT2D eigenvalue weighted by Gasteiger charge is 2.15. The van der Waals surface area contributed by atoms with Gasteiger partial charge in [0.25, 0.3) is 0 Å². The number of rotatable bonds is 5. The smallest absolute Gasteiger partial charge is 0.115 e. The number of aromatic hydroxyl groups is 1. The molecule has 0 aliphatic rings. The van der Waals surface area contributed by atoms with Crippen LogP contribution in [0.1, 0.15) is 35.5 Å². The summed E-state index contributed by atoms with van der Waals surface area (Å²) in [5.74, 6) is 0.280. The van der Waals surface area contributed by atoms with Gasteiger partial charge in [-0.05, 0) is 36.2 Å². The molecule has 0 aliphatic carbocycles. The minimum Gasteiger partial charge on any atom is -0.508 e. The standard InChI is InChI=1S/C19H21N3O/c1-14(16-5-3-2-4-6-16)22-18(12-17(13-20)21-22)11-15-7-9-19(23)10-8-15/h2-10,12,14,23H,11,13,20H2,1H3. The fourth-order valence-corrected chi connectivity index (χ4v) is 2.75. The quantitative estimate of drug-likeness (QED) is 0.760. The van der Waals surface area contributed by atoms with E-state index in [2.05, 4.69) is 30.2 Å². The molecule has 0 saturated carbocycles. The number of nitrogens with zero attached hydrogens (tertiary/aromatic N) is 2. The Morgan fingerprint density at radius 3 is 2.43 bits per heavy atom. The van der Waals surface area contributed by atoms with Gasteiger partial charge in [0.2, 0.25) is 0 Å². The van der Waals surface area contributed by atoms with Gasteiger partial charge in [0.15, 0.2) is 0 Å². The molecular formula is C19H21N3O. The van der Waals surface area contributed by atoms with Crippen molar-refractivity contribution in [1.82, 2.24) is 9.78 Å². The maximum atomic E-state index is 9.42. The molecule has 0 amide bonds. The van der Waals surface area contributed by atoms with Crippen molar-refractivity contribution in [3.8, 4) is 5.75 Å². The lowest BCUT2D eigenvalue weighted by atomic mass is 10.1. The molecular weight excluding hydrogens is 286 g/mol. The van der Waals surface area contributed by atoms with Crippen LogP contribution >= 0.6 is 0 Å². The summed E-state index contributed by atoms with van der Waals surface area (Å²) in [6.07, 6.45) is 0.754. The van der Waals surface area contributed by atoms with E-state index in [1.54, 1.807) is 12.1 Å². The van der Waals surface area contributed by atoms with E-state index in [4.69, 9.17) is 5.73 Å². The molecule has 3 rings (SSSR count). The molecule has 2 aromatic carbocycles. The lowest BCUT2D eigenvalue weighted by Gasteiger charge is -2.16. The second-order valence-electron chi connectivity index (χ2n) is 5.71. The highest BCUT2D eigenvalue weighted by atomic mass is 16.3. The van der Waals surface area contributed by atoms with Crippen LogP contribution in [0.3, 0.4) is 0 Å². The Morgan fingerprint density at radius 2 is 1.78 bits per heavy atom. The molecule has 118 valence electrons. The summed E-state index contributed by atoms with van der Waals surface area (Å²) in [6, 6.07) is 19.8. The summed E-state index contributed by atoms with van der Waals surface area (Å²) in [5.41, 5.74) is 10.1. The molecule has 1 unspecified atom stereocenters. The van der Waals surface area contributed by atoms with Crippen molar-refractivity contribution in [2.45, 2.75) is 25.9 Å². The number of phenolic OH excluding ortho intramolecular Hbond substituents is 1. The van der Waals surface area contributed by atoms with Crippen molar-refractivity contribution in [2.75, 3.05) is 0 Å². The number of aromatic nitrogens is 2. The van der Waals surface area contributed by atoms with Gasteiger partial charge in [-0.25, -0.2) is 0 Å². The van der Waals surface area contributed by atoms with E-state index in [1.807, 2.05) is 35.0 Å². The van der Waals surface area contributed by atoms with Crippen molar-refractivity contribution >= 4 is 0 Å². The van der Waals surface area contributed by atoms with Crippen LogP contribution in [0.15, 0.2) is 60.7 Å². The van der Waals surface area contributed by atoms with Crippen molar-refractivity contribution in [3.05, 3.63) is 83.2 Å². The molecule has 0 bridgehead atoms. The first-order valence-electron chi connectivity index (χ1n) is 7.77. The zero-order valence-corrected chi connectivity index (χ0v) is 13.2. The molecule has 3 aromatic rings. The van der Waals surface area contributed by atoms with E-state index >= 15 is 0 Å². The van der Waals surface area contributed by atoms with Gasteiger partial charge in [-0.15, -0.1) is 0 Å². The van der Waals surface area contributed by atoms with Crippen molar-refractivity contribution < 1.29 is 5.11 Å². The third kappa shape index (κ3) is 3.43. The van der Waals surface area contributed by atoms with Crippen LogP contribution in [-0.2, 0) is 13.0 Å². The highest BCUT2D eigenvalue weighted by Crippen LogP contribution is 2.22. The predicted molar refractivity (Wildman–Crippen MR) is 91.3 cm³/mol. The van der Waals surface area contributed by atoms with E-state index in [1.165, 1.54) is 5.56 Å². The van der Waals surface area contributed by atoms with E-state index in [9.17, 15) is 5.11 Å². The fraction of sp³-hybridized carbons (Fsp3) is 0.211. The third-order valence-electron chi connectivity index (χ3n) is 4.04. The number of phenols is 1. The van der Waals surface area contributed by atoms with Gasteiger partial charge in [-0.1, -0.05) is 42.5 Å². The zero-order chi connectivity index (χ0) is 16.2. The highest BCUT2D eigenvalue weighted by molar-refractivity contribution is 5.30. The first kappa shape index (κ1) is 15.3. The summed E-state index contributed by atoms with van der Waals surface area (Å²) in [7, 11) is 0. The molecule has 4 heteroatoms. The van der Waals surface area contributed by atoms with Crippen LogP contribution in [0.2, 0.25) is 0 Å². The fourth-order valence-electron chi connectivity index (χ4n) is 2.75. The van der Waals surface area contributed by atoms with Crippen LogP contribution in [0.5, 0.6) is 5.75 Å². The lowest BCUT2D eigenvalue weighted by Crippen LogP contribution is -2.13. The topological polar surface area (TPSA) is 64.1 Å². The van der Waals surface area contributed by atoms with E-state index in [0.717, 1.165) is 23.4 Å². The average molecular weight is 307 g/mol. The number of benzene rings is 2.